The van der Waals surface area contributed by atoms with Crippen LogP contribution >= 0.6 is 0 Å². The first-order valence-electron chi connectivity index (χ1n) is 4.92. The molecule has 0 heterocycles. The highest BCUT2D eigenvalue weighted by atomic mass is 14.4. The second-order valence-corrected chi connectivity index (χ2v) is 4.10. The summed E-state index contributed by atoms with van der Waals surface area (Å²) >= 11 is 0. The molecule has 0 radical (unpaired) electrons. The molecular weight excluding hydrogens is 172 g/mol. The van der Waals surface area contributed by atoms with E-state index in [0.717, 1.165) is 24.0 Å². The van der Waals surface area contributed by atoms with Crippen LogP contribution in [0.4, 0.5) is 0 Å². The highest BCUT2D eigenvalue weighted by Crippen LogP contribution is 2.47. The highest BCUT2D eigenvalue weighted by molar-refractivity contribution is 5.52. The van der Waals surface area contributed by atoms with E-state index in [-0.39, 0.29) is 11.8 Å². The third-order valence-corrected chi connectivity index (χ3v) is 3.64. The van der Waals surface area contributed by atoms with Crippen LogP contribution in [-0.4, -0.2) is 0 Å². The van der Waals surface area contributed by atoms with Gasteiger partial charge in [0.05, 0.1) is 23.3 Å². The Morgan fingerprint density at radius 1 is 0.929 bits per heavy atom. The van der Waals surface area contributed by atoms with Crippen molar-refractivity contribution in [3.05, 3.63) is 22.3 Å². The maximum absolute atomic E-state index is 9.04. The number of nitrogens with zero attached hydrogens (tertiary/aromatic N) is 2. The van der Waals surface area contributed by atoms with Crippen molar-refractivity contribution in [1.82, 2.24) is 0 Å². The lowest BCUT2D eigenvalue weighted by molar-refractivity contribution is 0.455. The predicted octanol–water partition coefficient (Wildman–Crippen LogP) is 2.71. The number of hydrogen-bond acceptors (Lipinski definition) is 2. The van der Waals surface area contributed by atoms with Crippen molar-refractivity contribution in [3.63, 3.8) is 0 Å². The van der Waals surface area contributed by atoms with Gasteiger partial charge in [-0.3, -0.25) is 0 Å². The lowest BCUT2D eigenvalue weighted by atomic mass is 9.65. The Balaban J connectivity index is 2.60. The zero-order valence-electron chi connectivity index (χ0n) is 8.46. The SMILES string of the molecule is CC1=C(C)C2CCC1C(C#N)=C2C#N. The molecule has 3 aliphatic rings. The van der Waals surface area contributed by atoms with Crippen LogP contribution in [0, 0.1) is 34.5 Å². The van der Waals surface area contributed by atoms with Gasteiger partial charge in [-0.2, -0.15) is 10.5 Å². The minimum atomic E-state index is 0.236. The second kappa shape index (κ2) is 3.00. The van der Waals surface area contributed by atoms with E-state index in [0.29, 0.717) is 0 Å². The van der Waals surface area contributed by atoms with Crippen molar-refractivity contribution in [2.45, 2.75) is 26.7 Å². The number of hydrogen-bond donors (Lipinski definition) is 0. The van der Waals surface area contributed by atoms with Crippen LogP contribution in [0.3, 0.4) is 0 Å². The van der Waals surface area contributed by atoms with Crippen LogP contribution in [0.5, 0.6) is 0 Å². The molecule has 0 spiro atoms. The molecule has 3 rings (SSSR count). The van der Waals surface area contributed by atoms with Crippen LogP contribution in [0.25, 0.3) is 0 Å². The van der Waals surface area contributed by atoms with Crippen molar-refractivity contribution < 1.29 is 0 Å². The van der Waals surface area contributed by atoms with Gasteiger partial charge in [0.2, 0.25) is 0 Å². The number of rotatable bonds is 0. The van der Waals surface area contributed by atoms with Crippen molar-refractivity contribution in [1.29, 1.82) is 10.5 Å². The fourth-order valence-corrected chi connectivity index (χ4v) is 2.69. The zero-order chi connectivity index (χ0) is 10.3. The van der Waals surface area contributed by atoms with Crippen molar-refractivity contribution in [3.8, 4) is 12.1 Å². The topological polar surface area (TPSA) is 47.6 Å². The van der Waals surface area contributed by atoms with Gasteiger partial charge < -0.3 is 0 Å². The molecule has 0 aromatic heterocycles. The quantitative estimate of drug-likeness (QED) is 0.543. The van der Waals surface area contributed by atoms with Crippen LogP contribution in [-0.2, 0) is 0 Å². The number of allylic oxidation sites excluding steroid dienone is 4. The Morgan fingerprint density at radius 3 is 1.57 bits per heavy atom. The molecule has 2 bridgehead atoms. The summed E-state index contributed by atoms with van der Waals surface area (Å²) in [7, 11) is 0. The van der Waals surface area contributed by atoms with Gasteiger partial charge in [0.25, 0.3) is 0 Å². The number of fused-ring (bicyclic) bond motifs is 1. The van der Waals surface area contributed by atoms with E-state index in [9.17, 15) is 0 Å². The first-order chi connectivity index (χ1) is 6.70. The Hall–Kier alpha value is -1.54. The summed E-state index contributed by atoms with van der Waals surface area (Å²) in [5.41, 5.74) is 4.09. The molecule has 0 amide bonds. The molecule has 0 fully saturated rings. The average Bonchev–Trinajstić information content (AvgIpc) is 2.23. The zero-order valence-corrected chi connectivity index (χ0v) is 8.46. The molecule has 0 aromatic rings. The monoisotopic (exact) mass is 184 g/mol. The minimum absolute atomic E-state index is 0.236. The predicted molar refractivity (Wildman–Crippen MR) is 52.8 cm³/mol. The molecule has 3 aliphatic carbocycles. The number of nitriles is 2. The lowest BCUT2D eigenvalue weighted by Gasteiger charge is -2.37. The van der Waals surface area contributed by atoms with Crippen LogP contribution in [0.2, 0.25) is 0 Å². The molecule has 2 heteroatoms. The van der Waals surface area contributed by atoms with Gasteiger partial charge in [0, 0.05) is 11.8 Å². The van der Waals surface area contributed by atoms with Crippen LogP contribution in [0.1, 0.15) is 26.7 Å². The molecule has 2 nitrogen and oxygen atoms in total. The van der Waals surface area contributed by atoms with Crippen molar-refractivity contribution in [2.75, 3.05) is 0 Å². The Kier molecular flexibility index (Phi) is 1.93. The normalized spacial score (nSPS) is 30.3. The maximum atomic E-state index is 9.04. The summed E-state index contributed by atoms with van der Waals surface area (Å²) in [4.78, 5) is 0. The smallest absolute Gasteiger partial charge is 0.0964 e. The Morgan fingerprint density at radius 2 is 1.29 bits per heavy atom. The molecule has 0 saturated carbocycles. The Bertz CT molecular complexity index is 386. The summed E-state index contributed by atoms with van der Waals surface area (Å²) in [6.45, 7) is 4.19. The van der Waals surface area contributed by atoms with E-state index in [2.05, 4.69) is 26.0 Å². The van der Waals surface area contributed by atoms with E-state index >= 15 is 0 Å². The average molecular weight is 184 g/mol. The fourth-order valence-electron chi connectivity index (χ4n) is 2.69. The highest BCUT2D eigenvalue weighted by Gasteiger charge is 2.37. The summed E-state index contributed by atoms with van der Waals surface area (Å²) < 4.78 is 0. The molecule has 70 valence electrons. The lowest BCUT2D eigenvalue weighted by Crippen LogP contribution is -2.27. The molecule has 2 unspecified atom stereocenters. The molecule has 0 aromatic carbocycles. The summed E-state index contributed by atoms with van der Waals surface area (Å²) in [5.74, 6) is 0.472. The summed E-state index contributed by atoms with van der Waals surface area (Å²) in [5, 5.41) is 18.1. The molecule has 14 heavy (non-hydrogen) atoms. The Labute approximate surface area is 84.1 Å². The van der Waals surface area contributed by atoms with Gasteiger partial charge >= 0.3 is 0 Å². The van der Waals surface area contributed by atoms with Crippen LogP contribution < -0.4 is 0 Å². The van der Waals surface area contributed by atoms with Gasteiger partial charge in [0.1, 0.15) is 0 Å². The second-order valence-electron chi connectivity index (χ2n) is 4.10. The maximum Gasteiger partial charge on any atom is 0.0964 e. The van der Waals surface area contributed by atoms with E-state index in [1.54, 1.807) is 0 Å². The minimum Gasteiger partial charge on any atom is -0.193 e. The molecular formula is C12H12N2. The molecule has 0 aliphatic heterocycles. The van der Waals surface area contributed by atoms with Gasteiger partial charge in [-0.05, 0) is 26.7 Å². The van der Waals surface area contributed by atoms with Gasteiger partial charge in [0.15, 0.2) is 0 Å². The van der Waals surface area contributed by atoms with E-state index in [1.807, 2.05) is 0 Å². The van der Waals surface area contributed by atoms with E-state index in [1.165, 1.54) is 11.1 Å². The van der Waals surface area contributed by atoms with E-state index in [4.69, 9.17) is 10.5 Å². The first-order valence-corrected chi connectivity index (χ1v) is 4.92. The third kappa shape index (κ3) is 0.946. The van der Waals surface area contributed by atoms with Crippen LogP contribution in [0.15, 0.2) is 22.3 Å². The molecule has 2 atom stereocenters. The van der Waals surface area contributed by atoms with E-state index < -0.39 is 0 Å². The largest absolute Gasteiger partial charge is 0.193 e. The molecule has 0 N–H and O–H groups in total. The fraction of sp³-hybridized carbons (Fsp3) is 0.500. The van der Waals surface area contributed by atoms with Gasteiger partial charge in [-0.25, -0.2) is 0 Å². The molecule has 0 saturated heterocycles. The first kappa shape index (κ1) is 9.03. The standard InChI is InChI=1S/C12H12N2/c1-7-8(2)10-4-3-9(7)11(5-13)12(10)6-14/h9-10H,3-4H2,1-2H3. The summed E-state index contributed by atoms with van der Waals surface area (Å²) in [6.07, 6.45) is 2.09. The van der Waals surface area contributed by atoms with Crippen molar-refractivity contribution >= 4 is 0 Å². The van der Waals surface area contributed by atoms with Crippen molar-refractivity contribution in [2.24, 2.45) is 11.8 Å². The summed E-state index contributed by atoms with van der Waals surface area (Å²) in [6, 6.07) is 4.42. The third-order valence-electron chi connectivity index (χ3n) is 3.64. The van der Waals surface area contributed by atoms with Gasteiger partial charge in [-0.1, -0.05) is 11.1 Å². The van der Waals surface area contributed by atoms with Gasteiger partial charge in [-0.15, -0.1) is 0 Å².